The Balaban J connectivity index is 1.76. The first kappa shape index (κ1) is 15.2. The predicted molar refractivity (Wildman–Crippen MR) is 85.6 cm³/mol. The molecule has 0 unspecified atom stereocenters. The Morgan fingerprint density at radius 2 is 2.04 bits per heavy atom. The van der Waals surface area contributed by atoms with Crippen molar-refractivity contribution in [2.75, 3.05) is 12.4 Å². The second kappa shape index (κ2) is 6.20. The van der Waals surface area contributed by atoms with Gasteiger partial charge in [-0.2, -0.15) is 0 Å². The Labute approximate surface area is 133 Å². The van der Waals surface area contributed by atoms with Gasteiger partial charge in [-0.05, 0) is 47.9 Å². The van der Waals surface area contributed by atoms with Crippen molar-refractivity contribution in [2.24, 2.45) is 0 Å². The van der Waals surface area contributed by atoms with E-state index in [0.717, 1.165) is 16.8 Å². The molecule has 0 aliphatic carbocycles. The number of nitrogens with one attached hydrogen (secondary N) is 1. The molecular formula is C18H17FN2O2. The van der Waals surface area contributed by atoms with Gasteiger partial charge >= 0.3 is 0 Å². The van der Waals surface area contributed by atoms with Crippen molar-refractivity contribution in [3.63, 3.8) is 0 Å². The van der Waals surface area contributed by atoms with Crippen molar-refractivity contribution in [3.05, 3.63) is 65.0 Å². The van der Waals surface area contributed by atoms with Gasteiger partial charge in [-0.15, -0.1) is 0 Å². The topological polar surface area (TPSA) is 49.4 Å². The Morgan fingerprint density at radius 1 is 1.22 bits per heavy atom. The molecule has 0 atom stereocenters. The summed E-state index contributed by atoms with van der Waals surface area (Å²) < 4.78 is 13.2. The lowest BCUT2D eigenvalue weighted by Crippen LogP contribution is -2.27. The van der Waals surface area contributed by atoms with Gasteiger partial charge < -0.3 is 10.2 Å². The van der Waals surface area contributed by atoms with Crippen LogP contribution in [0.3, 0.4) is 0 Å². The zero-order valence-corrected chi connectivity index (χ0v) is 12.8. The molecule has 3 rings (SSSR count). The fourth-order valence-corrected chi connectivity index (χ4v) is 2.72. The van der Waals surface area contributed by atoms with Crippen LogP contribution in [-0.4, -0.2) is 23.8 Å². The molecule has 0 saturated carbocycles. The van der Waals surface area contributed by atoms with Crippen LogP contribution in [0.2, 0.25) is 0 Å². The third-order valence-corrected chi connectivity index (χ3v) is 3.90. The summed E-state index contributed by atoms with van der Waals surface area (Å²) >= 11 is 0. The maximum Gasteiger partial charge on any atom is 0.253 e. The highest BCUT2D eigenvalue weighted by atomic mass is 19.1. The molecule has 0 radical (unpaired) electrons. The lowest BCUT2D eigenvalue weighted by Gasteiger charge is -2.20. The smallest absolute Gasteiger partial charge is 0.253 e. The molecule has 1 aliphatic heterocycles. The van der Waals surface area contributed by atoms with E-state index in [1.165, 1.54) is 12.1 Å². The molecule has 1 N–H and O–H groups in total. The zero-order chi connectivity index (χ0) is 16.4. The summed E-state index contributed by atoms with van der Waals surface area (Å²) in [6.07, 6.45) is 1.07. The SMILES string of the molecule is CN(Cc1cccc(F)c1)C(=O)c1ccc2c(c1)CCC(=O)N2. The quantitative estimate of drug-likeness (QED) is 0.947. The molecule has 23 heavy (non-hydrogen) atoms. The van der Waals surface area contributed by atoms with E-state index in [1.807, 2.05) is 6.07 Å². The number of halogens is 1. The van der Waals surface area contributed by atoms with Crippen LogP contribution in [0.1, 0.15) is 27.9 Å². The van der Waals surface area contributed by atoms with E-state index in [2.05, 4.69) is 5.32 Å². The summed E-state index contributed by atoms with van der Waals surface area (Å²) in [5.41, 5.74) is 3.05. The van der Waals surface area contributed by atoms with Gasteiger partial charge in [0.05, 0.1) is 0 Å². The second-order valence-electron chi connectivity index (χ2n) is 5.71. The molecule has 0 saturated heterocycles. The highest BCUT2D eigenvalue weighted by molar-refractivity contribution is 5.97. The van der Waals surface area contributed by atoms with Crippen LogP contribution in [0.5, 0.6) is 0 Å². The summed E-state index contributed by atoms with van der Waals surface area (Å²) in [5, 5.41) is 2.80. The van der Waals surface area contributed by atoms with Gasteiger partial charge in [0.1, 0.15) is 5.82 Å². The van der Waals surface area contributed by atoms with Gasteiger partial charge in [-0.3, -0.25) is 9.59 Å². The maximum absolute atomic E-state index is 13.2. The van der Waals surface area contributed by atoms with Gasteiger partial charge in [0.25, 0.3) is 5.91 Å². The van der Waals surface area contributed by atoms with E-state index in [1.54, 1.807) is 36.2 Å². The van der Waals surface area contributed by atoms with Crippen molar-refractivity contribution in [1.29, 1.82) is 0 Å². The molecule has 5 heteroatoms. The van der Waals surface area contributed by atoms with Crippen molar-refractivity contribution < 1.29 is 14.0 Å². The number of benzene rings is 2. The number of amides is 2. The second-order valence-corrected chi connectivity index (χ2v) is 5.71. The van der Waals surface area contributed by atoms with E-state index >= 15 is 0 Å². The van der Waals surface area contributed by atoms with Gasteiger partial charge in [-0.25, -0.2) is 4.39 Å². The lowest BCUT2D eigenvalue weighted by molar-refractivity contribution is -0.116. The molecule has 2 aromatic rings. The van der Waals surface area contributed by atoms with E-state index in [9.17, 15) is 14.0 Å². The minimum Gasteiger partial charge on any atom is -0.337 e. The third-order valence-electron chi connectivity index (χ3n) is 3.90. The number of anilines is 1. The zero-order valence-electron chi connectivity index (χ0n) is 12.8. The summed E-state index contributed by atoms with van der Waals surface area (Å²) in [4.78, 5) is 25.4. The minimum atomic E-state index is -0.312. The number of hydrogen-bond acceptors (Lipinski definition) is 2. The van der Waals surface area contributed by atoms with Gasteiger partial charge in [0, 0.05) is 31.3 Å². The van der Waals surface area contributed by atoms with Crippen molar-refractivity contribution in [2.45, 2.75) is 19.4 Å². The molecule has 118 valence electrons. The Hall–Kier alpha value is -2.69. The molecule has 2 aromatic carbocycles. The maximum atomic E-state index is 13.2. The summed E-state index contributed by atoms with van der Waals surface area (Å²) in [7, 11) is 1.69. The predicted octanol–water partition coefficient (Wildman–Crippen LogP) is 2.98. The fourth-order valence-electron chi connectivity index (χ4n) is 2.72. The number of aryl methyl sites for hydroxylation is 1. The molecule has 0 bridgehead atoms. The molecule has 0 aromatic heterocycles. The fraction of sp³-hybridized carbons (Fsp3) is 0.222. The Bertz CT molecular complexity index is 773. The van der Waals surface area contributed by atoms with Crippen LogP contribution in [0, 0.1) is 5.82 Å². The van der Waals surface area contributed by atoms with E-state index in [-0.39, 0.29) is 17.6 Å². The average molecular weight is 312 g/mol. The normalized spacial score (nSPS) is 13.2. The summed E-state index contributed by atoms with van der Waals surface area (Å²) in [6, 6.07) is 11.5. The molecule has 2 amide bonds. The van der Waals surface area contributed by atoms with E-state index < -0.39 is 0 Å². The third kappa shape index (κ3) is 3.39. The van der Waals surface area contributed by atoms with Crippen LogP contribution >= 0.6 is 0 Å². The van der Waals surface area contributed by atoms with Gasteiger partial charge in [0.15, 0.2) is 0 Å². The first-order valence-electron chi connectivity index (χ1n) is 7.45. The average Bonchev–Trinajstić information content (AvgIpc) is 2.53. The van der Waals surface area contributed by atoms with E-state index in [0.29, 0.717) is 24.9 Å². The number of rotatable bonds is 3. The Kier molecular flexibility index (Phi) is 4.10. The molecule has 4 nitrogen and oxygen atoms in total. The van der Waals surface area contributed by atoms with Crippen molar-refractivity contribution in [1.82, 2.24) is 4.90 Å². The highest BCUT2D eigenvalue weighted by Gasteiger charge is 2.18. The lowest BCUT2D eigenvalue weighted by atomic mass is 10.00. The Morgan fingerprint density at radius 3 is 2.83 bits per heavy atom. The summed E-state index contributed by atoms with van der Waals surface area (Å²) in [6.45, 7) is 0.338. The molecule has 0 spiro atoms. The largest absolute Gasteiger partial charge is 0.337 e. The standard InChI is InChI=1S/C18H17FN2O2/c1-21(11-12-3-2-4-15(19)9-12)18(23)14-5-7-16-13(10-14)6-8-17(22)20-16/h2-5,7,9-10H,6,8,11H2,1H3,(H,20,22). The number of carbonyl (C=O) groups is 2. The van der Waals surface area contributed by atoms with E-state index in [4.69, 9.17) is 0 Å². The number of nitrogens with zero attached hydrogens (tertiary/aromatic N) is 1. The van der Waals surface area contributed by atoms with Crippen LogP contribution in [0.15, 0.2) is 42.5 Å². The number of fused-ring (bicyclic) bond motifs is 1. The highest BCUT2D eigenvalue weighted by Crippen LogP contribution is 2.24. The first-order chi connectivity index (χ1) is 11.0. The van der Waals surface area contributed by atoms with Crippen molar-refractivity contribution >= 4 is 17.5 Å². The monoisotopic (exact) mass is 312 g/mol. The van der Waals surface area contributed by atoms with Gasteiger partial charge in [0.2, 0.25) is 5.91 Å². The minimum absolute atomic E-state index is 0.000186. The van der Waals surface area contributed by atoms with Gasteiger partial charge in [-0.1, -0.05) is 12.1 Å². The van der Waals surface area contributed by atoms with Crippen LogP contribution in [0.4, 0.5) is 10.1 Å². The molecular weight excluding hydrogens is 295 g/mol. The molecule has 1 heterocycles. The van der Waals surface area contributed by atoms with Crippen LogP contribution in [0.25, 0.3) is 0 Å². The van der Waals surface area contributed by atoms with Crippen molar-refractivity contribution in [3.8, 4) is 0 Å². The first-order valence-corrected chi connectivity index (χ1v) is 7.45. The molecule has 0 fully saturated rings. The number of hydrogen-bond donors (Lipinski definition) is 1. The van der Waals surface area contributed by atoms with Crippen LogP contribution in [-0.2, 0) is 17.8 Å². The molecule has 1 aliphatic rings. The van der Waals surface area contributed by atoms with Crippen LogP contribution < -0.4 is 5.32 Å². The number of carbonyl (C=O) groups excluding carboxylic acids is 2. The summed E-state index contributed by atoms with van der Waals surface area (Å²) in [5.74, 6) is -0.443.